The molecule has 0 saturated carbocycles. The first-order valence-electron chi connectivity index (χ1n) is 9.71. The molecule has 4 nitrogen and oxygen atoms in total. The molecule has 3 N–H and O–H groups in total. The summed E-state index contributed by atoms with van der Waals surface area (Å²) in [7, 11) is 0. The van der Waals surface area contributed by atoms with Gasteiger partial charge < -0.3 is 15.7 Å². The van der Waals surface area contributed by atoms with Gasteiger partial charge in [0.25, 0.3) is 0 Å². The maximum Gasteiger partial charge on any atom is 0.417 e. The Kier molecular flexibility index (Phi) is 6.77. The predicted octanol–water partition coefficient (Wildman–Crippen LogP) is 4.53. The Morgan fingerprint density at radius 1 is 1.29 bits per heavy atom. The van der Waals surface area contributed by atoms with Gasteiger partial charge in [-0.1, -0.05) is 23.7 Å². The molecular weight excluding hydrogens is 459 g/mol. The van der Waals surface area contributed by atoms with Crippen molar-refractivity contribution in [2.45, 2.75) is 35.9 Å². The summed E-state index contributed by atoms with van der Waals surface area (Å²) in [5.41, 5.74) is 3.14. The number of carbonyl (C=O) groups is 1. The molecule has 1 amide bonds. The predicted molar refractivity (Wildman–Crippen MR) is 110 cm³/mol. The fourth-order valence-electron chi connectivity index (χ4n) is 4.07. The topological polar surface area (TPSA) is 66.6 Å². The van der Waals surface area contributed by atoms with Crippen LogP contribution in [0.15, 0.2) is 42.3 Å². The maximum atomic E-state index is 13.7. The molecule has 0 spiro atoms. The third kappa shape index (κ3) is 5.25. The average molecular weight is 481 g/mol. The molecule has 1 aromatic rings. The van der Waals surface area contributed by atoms with Gasteiger partial charge in [0.05, 0.1) is 27.0 Å². The van der Waals surface area contributed by atoms with E-state index in [1.165, 1.54) is 18.2 Å². The lowest BCUT2D eigenvalue weighted by Crippen LogP contribution is -2.46. The number of halogens is 6. The van der Waals surface area contributed by atoms with Crippen molar-refractivity contribution in [1.82, 2.24) is 4.90 Å². The Bertz CT molecular complexity index is 911. The summed E-state index contributed by atoms with van der Waals surface area (Å²) in [6.07, 6.45) is -0.312. The summed E-state index contributed by atoms with van der Waals surface area (Å²) in [4.78, 5) is 12.4. The van der Waals surface area contributed by atoms with Crippen molar-refractivity contribution in [2.75, 3.05) is 19.6 Å². The number of carbonyl (C=O) groups excluding carboxylic acids is 1. The van der Waals surface area contributed by atoms with Crippen LogP contribution >= 0.6 is 23.2 Å². The normalized spacial score (nSPS) is 26.5. The van der Waals surface area contributed by atoms with Gasteiger partial charge in [0.15, 0.2) is 0 Å². The molecule has 2 unspecified atom stereocenters. The lowest BCUT2D eigenvalue weighted by Gasteiger charge is -2.40. The number of alkyl halides is 4. The van der Waals surface area contributed by atoms with Crippen molar-refractivity contribution in [2.24, 2.45) is 11.7 Å². The second kappa shape index (κ2) is 8.73. The molecule has 1 aliphatic heterocycles. The standard InChI is InChI=1S/C21H22Cl2F4N2O2/c22-17-4-1-13(11-16(17)21(25,26)27)20(31)6-9-29(10-7-20)8-5-19(23)12-14(24)2-3-15(19)18(28)30/h1-4,11-12,15,31H,5-10H2,(H2,28,30). The third-order valence-electron chi connectivity index (χ3n) is 5.95. The highest BCUT2D eigenvalue weighted by atomic mass is 35.5. The average Bonchev–Trinajstić information content (AvgIpc) is 2.66. The number of hydrogen-bond acceptors (Lipinski definition) is 3. The largest absolute Gasteiger partial charge is 0.417 e. The summed E-state index contributed by atoms with van der Waals surface area (Å²) < 4.78 is 53.2. The van der Waals surface area contributed by atoms with Gasteiger partial charge in [-0.15, -0.1) is 11.6 Å². The first-order valence-corrected chi connectivity index (χ1v) is 10.5. The summed E-state index contributed by atoms with van der Waals surface area (Å²) >= 11 is 12.2. The minimum atomic E-state index is -4.62. The number of nitrogens with zero attached hydrogens (tertiary/aromatic N) is 1. The van der Waals surface area contributed by atoms with Crippen LogP contribution in [0.2, 0.25) is 5.02 Å². The number of benzene rings is 1. The molecule has 1 fully saturated rings. The Morgan fingerprint density at radius 2 is 1.94 bits per heavy atom. The molecule has 1 aromatic carbocycles. The zero-order chi connectivity index (χ0) is 23.0. The Hall–Kier alpha value is -1.61. The van der Waals surface area contributed by atoms with Gasteiger partial charge in [-0.25, -0.2) is 4.39 Å². The Labute approximate surface area is 187 Å². The fourth-order valence-corrected chi connectivity index (χ4v) is 4.66. The number of rotatable bonds is 5. The summed E-state index contributed by atoms with van der Waals surface area (Å²) in [5, 5.41) is 10.5. The molecule has 0 radical (unpaired) electrons. The summed E-state index contributed by atoms with van der Waals surface area (Å²) in [6.45, 7) is 1.17. The van der Waals surface area contributed by atoms with Crippen LogP contribution in [0.25, 0.3) is 0 Å². The van der Waals surface area contributed by atoms with Crippen LogP contribution < -0.4 is 5.73 Å². The number of hydrogen-bond donors (Lipinski definition) is 2. The van der Waals surface area contributed by atoms with Crippen molar-refractivity contribution < 1.29 is 27.5 Å². The molecule has 0 aromatic heterocycles. The van der Waals surface area contributed by atoms with E-state index in [1.54, 1.807) is 0 Å². The molecule has 170 valence electrons. The molecular formula is C21H22Cl2F4N2O2. The second-order valence-corrected chi connectivity index (χ2v) is 9.12. The molecule has 1 aliphatic carbocycles. The lowest BCUT2D eigenvalue weighted by molar-refractivity contribution is -0.137. The molecule has 1 heterocycles. The number of likely N-dealkylation sites (tertiary alicyclic amines) is 1. The first kappa shape index (κ1) is 24.0. The van der Waals surface area contributed by atoms with Crippen LogP contribution in [0.5, 0.6) is 0 Å². The van der Waals surface area contributed by atoms with Crippen LogP contribution in [0.1, 0.15) is 30.4 Å². The number of amides is 1. The Morgan fingerprint density at radius 3 is 2.52 bits per heavy atom. The highest BCUT2D eigenvalue weighted by Crippen LogP contribution is 2.41. The van der Waals surface area contributed by atoms with Gasteiger partial charge in [-0.05, 0) is 49.1 Å². The van der Waals surface area contributed by atoms with Gasteiger partial charge in [-0.2, -0.15) is 13.2 Å². The Balaban J connectivity index is 1.66. The van der Waals surface area contributed by atoms with E-state index in [9.17, 15) is 27.5 Å². The lowest BCUT2D eigenvalue weighted by atomic mass is 9.82. The molecule has 0 bridgehead atoms. The molecule has 10 heteroatoms. The van der Waals surface area contributed by atoms with Crippen molar-refractivity contribution in [3.8, 4) is 0 Å². The van der Waals surface area contributed by atoms with Crippen LogP contribution in [0, 0.1) is 5.92 Å². The summed E-state index contributed by atoms with van der Waals surface area (Å²) in [5.74, 6) is -2.07. The van der Waals surface area contributed by atoms with Crippen LogP contribution in [-0.2, 0) is 16.6 Å². The zero-order valence-corrected chi connectivity index (χ0v) is 17.9. The van der Waals surface area contributed by atoms with E-state index in [0.29, 0.717) is 19.6 Å². The number of nitrogens with two attached hydrogens (primary N) is 1. The summed E-state index contributed by atoms with van der Waals surface area (Å²) in [6, 6.07) is 3.44. The van der Waals surface area contributed by atoms with E-state index in [-0.39, 0.29) is 24.8 Å². The van der Waals surface area contributed by atoms with E-state index in [0.717, 1.165) is 18.2 Å². The first-order chi connectivity index (χ1) is 14.3. The van der Waals surface area contributed by atoms with E-state index < -0.39 is 44.9 Å². The smallest absolute Gasteiger partial charge is 0.385 e. The molecule has 1 saturated heterocycles. The molecule has 31 heavy (non-hydrogen) atoms. The minimum absolute atomic E-state index is 0.161. The second-order valence-electron chi connectivity index (χ2n) is 8.01. The van der Waals surface area contributed by atoms with Gasteiger partial charge in [0, 0.05) is 19.6 Å². The van der Waals surface area contributed by atoms with Crippen LogP contribution in [0.4, 0.5) is 17.6 Å². The highest BCUT2D eigenvalue weighted by molar-refractivity contribution is 6.31. The quantitative estimate of drug-likeness (QED) is 0.480. The molecule has 2 aliphatic rings. The fraction of sp³-hybridized carbons (Fsp3) is 0.476. The number of primary amides is 1. The number of aliphatic hydroxyl groups is 1. The van der Waals surface area contributed by atoms with Crippen molar-refractivity contribution in [1.29, 1.82) is 0 Å². The maximum absolute atomic E-state index is 13.7. The van der Waals surface area contributed by atoms with Crippen molar-refractivity contribution in [3.05, 3.63) is 58.4 Å². The molecule has 2 atom stereocenters. The van der Waals surface area contributed by atoms with Gasteiger partial charge in [0.1, 0.15) is 5.83 Å². The van der Waals surface area contributed by atoms with Gasteiger partial charge >= 0.3 is 6.18 Å². The number of allylic oxidation sites excluding steroid dienone is 3. The van der Waals surface area contributed by atoms with Crippen molar-refractivity contribution >= 4 is 29.1 Å². The van der Waals surface area contributed by atoms with Crippen molar-refractivity contribution in [3.63, 3.8) is 0 Å². The van der Waals surface area contributed by atoms with E-state index >= 15 is 0 Å². The molecule has 3 rings (SSSR count). The highest BCUT2D eigenvalue weighted by Gasteiger charge is 2.41. The number of piperidine rings is 1. The van der Waals surface area contributed by atoms with E-state index in [2.05, 4.69) is 0 Å². The van der Waals surface area contributed by atoms with Crippen LogP contribution in [0.3, 0.4) is 0 Å². The van der Waals surface area contributed by atoms with Crippen LogP contribution in [-0.4, -0.2) is 40.4 Å². The van der Waals surface area contributed by atoms with E-state index in [4.69, 9.17) is 28.9 Å². The van der Waals surface area contributed by atoms with Gasteiger partial charge in [-0.3, -0.25) is 4.79 Å². The monoisotopic (exact) mass is 480 g/mol. The van der Waals surface area contributed by atoms with E-state index in [1.807, 2.05) is 4.90 Å². The minimum Gasteiger partial charge on any atom is -0.385 e. The third-order valence-corrected chi connectivity index (χ3v) is 6.82. The van der Waals surface area contributed by atoms with Gasteiger partial charge in [0.2, 0.25) is 5.91 Å². The zero-order valence-electron chi connectivity index (χ0n) is 16.4. The SMILES string of the molecule is NC(=O)C1C=CC(F)=CC1(Cl)CCN1CCC(O)(c2ccc(Cl)c(C(F)(F)F)c2)CC1.